The van der Waals surface area contributed by atoms with E-state index in [1.807, 2.05) is 43.4 Å². The Morgan fingerprint density at radius 1 is 1.24 bits per heavy atom. The summed E-state index contributed by atoms with van der Waals surface area (Å²) in [5, 5.41) is 9.30. The second-order valence-electron chi connectivity index (χ2n) is 5.04. The number of aromatic nitrogens is 1. The Kier molecular flexibility index (Phi) is 4.91. The summed E-state index contributed by atoms with van der Waals surface area (Å²) < 4.78 is 0. The van der Waals surface area contributed by atoms with Gasteiger partial charge in [0.2, 0.25) is 0 Å². The Bertz CT molecular complexity index is 618. The van der Waals surface area contributed by atoms with Gasteiger partial charge in [-0.2, -0.15) is 5.26 Å². The standard InChI is InChI=1S/C17H20N4/c1-3-15(19)17(13-8-10-20-11-9-13)21(2)16-7-5-4-6-14(16)12-18/h4-11,15,17H,3,19H2,1-2H3. The van der Waals surface area contributed by atoms with E-state index < -0.39 is 0 Å². The monoisotopic (exact) mass is 280 g/mol. The first-order valence-electron chi connectivity index (χ1n) is 7.06. The fourth-order valence-corrected chi connectivity index (χ4v) is 2.57. The van der Waals surface area contributed by atoms with Crippen LogP contribution in [0.25, 0.3) is 0 Å². The molecule has 21 heavy (non-hydrogen) atoms. The maximum atomic E-state index is 9.30. The van der Waals surface area contributed by atoms with E-state index >= 15 is 0 Å². The van der Waals surface area contributed by atoms with Crippen LogP contribution in [0.4, 0.5) is 5.69 Å². The first kappa shape index (κ1) is 15.0. The van der Waals surface area contributed by atoms with E-state index in [-0.39, 0.29) is 12.1 Å². The van der Waals surface area contributed by atoms with Crippen LogP contribution in [0.2, 0.25) is 0 Å². The van der Waals surface area contributed by atoms with Gasteiger partial charge in [0.25, 0.3) is 0 Å². The average Bonchev–Trinajstić information content (AvgIpc) is 2.55. The Hall–Kier alpha value is -2.38. The topological polar surface area (TPSA) is 65.9 Å². The zero-order valence-electron chi connectivity index (χ0n) is 12.4. The lowest BCUT2D eigenvalue weighted by Crippen LogP contribution is -2.39. The van der Waals surface area contributed by atoms with Gasteiger partial charge in [-0.25, -0.2) is 0 Å². The van der Waals surface area contributed by atoms with Crippen LogP contribution < -0.4 is 10.6 Å². The molecule has 0 saturated carbocycles. The first-order chi connectivity index (χ1) is 10.2. The summed E-state index contributed by atoms with van der Waals surface area (Å²) in [6.45, 7) is 2.07. The Morgan fingerprint density at radius 3 is 2.52 bits per heavy atom. The molecule has 0 aliphatic carbocycles. The SMILES string of the molecule is CCC(N)C(c1ccncc1)N(C)c1ccccc1C#N. The summed E-state index contributed by atoms with van der Waals surface area (Å²) in [6.07, 6.45) is 4.40. The van der Waals surface area contributed by atoms with Gasteiger partial charge in [-0.3, -0.25) is 4.98 Å². The van der Waals surface area contributed by atoms with E-state index in [2.05, 4.69) is 22.9 Å². The molecular formula is C17H20N4. The zero-order chi connectivity index (χ0) is 15.2. The number of benzene rings is 1. The van der Waals surface area contributed by atoms with Crippen LogP contribution in [0.1, 0.15) is 30.5 Å². The molecule has 0 saturated heterocycles. The third-order valence-electron chi connectivity index (χ3n) is 3.75. The summed E-state index contributed by atoms with van der Waals surface area (Å²) in [6, 6.07) is 13.8. The number of anilines is 1. The molecule has 2 aromatic rings. The quantitative estimate of drug-likeness (QED) is 0.914. The van der Waals surface area contributed by atoms with Gasteiger partial charge < -0.3 is 10.6 Å². The first-order valence-corrected chi connectivity index (χ1v) is 7.06. The highest BCUT2D eigenvalue weighted by molar-refractivity contribution is 5.60. The number of hydrogen-bond donors (Lipinski definition) is 1. The number of nitrogens with zero attached hydrogens (tertiary/aromatic N) is 3. The number of pyridine rings is 1. The summed E-state index contributed by atoms with van der Waals surface area (Å²) in [4.78, 5) is 6.15. The number of para-hydroxylation sites is 1. The Balaban J connectivity index is 2.44. The molecular weight excluding hydrogens is 260 g/mol. The van der Waals surface area contributed by atoms with E-state index in [0.717, 1.165) is 17.7 Å². The lowest BCUT2D eigenvalue weighted by Gasteiger charge is -2.34. The lowest BCUT2D eigenvalue weighted by molar-refractivity contribution is 0.509. The molecule has 2 N–H and O–H groups in total. The van der Waals surface area contributed by atoms with Crippen LogP contribution in [0.3, 0.4) is 0 Å². The van der Waals surface area contributed by atoms with E-state index in [9.17, 15) is 5.26 Å². The van der Waals surface area contributed by atoms with Crippen molar-refractivity contribution in [2.24, 2.45) is 5.73 Å². The molecule has 0 radical (unpaired) electrons. The van der Waals surface area contributed by atoms with Gasteiger partial charge in [0.05, 0.1) is 17.3 Å². The molecule has 2 unspecified atom stereocenters. The largest absolute Gasteiger partial charge is 0.365 e. The fourth-order valence-electron chi connectivity index (χ4n) is 2.57. The maximum absolute atomic E-state index is 9.30. The van der Waals surface area contributed by atoms with Crippen molar-refractivity contribution in [2.45, 2.75) is 25.4 Å². The molecule has 2 rings (SSSR count). The zero-order valence-corrected chi connectivity index (χ0v) is 12.4. The number of likely N-dealkylation sites (N-methyl/N-ethyl adjacent to an activating group) is 1. The van der Waals surface area contributed by atoms with Crippen LogP contribution in [0.15, 0.2) is 48.8 Å². The van der Waals surface area contributed by atoms with Crippen molar-refractivity contribution in [1.29, 1.82) is 5.26 Å². The van der Waals surface area contributed by atoms with Crippen LogP contribution in [0.5, 0.6) is 0 Å². The second kappa shape index (κ2) is 6.87. The van der Waals surface area contributed by atoms with Crippen LogP contribution >= 0.6 is 0 Å². The Labute approximate surface area is 125 Å². The minimum absolute atomic E-state index is 0.00694. The van der Waals surface area contributed by atoms with Crippen LogP contribution in [-0.2, 0) is 0 Å². The molecule has 0 bridgehead atoms. The molecule has 1 aromatic heterocycles. The van der Waals surface area contributed by atoms with Crippen molar-refractivity contribution in [3.8, 4) is 6.07 Å². The normalized spacial score (nSPS) is 13.2. The summed E-state index contributed by atoms with van der Waals surface area (Å²) in [5.41, 5.74) is 8.99. The van der Waals surface area contributed by atoms with Crippen molar-refractivity contribution >= 4 is 5.69 Å². The summed E-state index contributed by atoms with van der Waals surface area (Å²) in [5.74, 6) is 0. The molecule has 0 aliphatic heterocycles. The number of nitriles is 1. The predicted molar refractivity (Wildman–Crippen MR) is 84.8 cm³/mol. The second-order valence-corrected chi connectivity index (χ2v) is 5.04. The highest BCUT2D eigenvalue weighted by Gasteiger charge is 2.24. The summed E-state index contributed by atoms with van der Waals surface area (Å²) in [7, 11) is 1.98. The smallest absolute Gasteiger partial charge is 0.101 e. The minimum atomic E-state index is -0.0239. The van der Waals surface area contributed by atoms with Gasteiger partial charge in [0.15, 0.2) is 0 Å². The van der Waals surface area contributed by atoms with Crippen molar-refractivity contribution < 1.29 is 0 Å². The molecule has 2 atom stereocenters. The van der Waals surface area contributed by atoms with E-state index in [0.29, 0.717) is 5.56 Å². The maximum Gasteiger partial charge on any atom is 0.101 e. The van der Waals surface area contributed by atoms with Crippen molar-refractivity contribution in [3.05, 3.63) is 59.9 Å². The third-order valence-corrected chi connectivity index (χ3v) is 3.75. The van der Waals surface area contributed by atoms with Crippen molar-refractivity contribution in [1.82, 2.24) is 4.98 Å². The molecule has 108 valence electrons. The summed E-state index contributed by atoms with van der Waals surface area (Å²) >= 11 is 0. The third kappa shape index (κ3) is 3.21. The van der Waals surface area contributed by atoms with Gasteiger partial charge in [0.1, 0.15) is 6.07 Å². The van der Waals surface area contributed by atoms with Gasteiger partial charge in [0, 0.05) is 25.5 Å². The highest BCUT2D eigenvalue weighted by Crippen LogP contribution is 2.30. The molecule has 1 aromatic carbocycles. The van der Waals surface area contributed by atoms with E-state index in [4.69, 9.17) is 5.73 Å². The van der Waals surface area contributed by atoms with Gasteiger partial charge in [-0.15, -0.1) is 0 Å². The van der Waals surface area contributed by atoms with Crippen molar-refractivity contribution in [2.75, 3.05) is 11.9 Å². The highest BCUT2D eigenvalue weighted by atomic mass is 15.2. The van der Waals surface area contributed by atoms with E-state index in [1.165, 1.54) is 0 Å². The number of hydrogen-bond acceptors (Lipinski definition) is 4. The molecule has 0 fully saturated rings. The van der Waals surface area contributed by atoms with Crippen LogP contribution in [-0.4, -0.2) is 18.1 Å². The van der Waals surface area contributed by atoms with Crippen LogP contribution in [0, 0.1) is 11.3 Å². The fraction of sp³-hybridized carbons (Fsp3) is 0.294. The number of rotatable bonds is 5. The Morgan fingerprint density at radius 2 is 1.90 bits per heavy atom. The predicted octanol–water partition coefficient (Wildman–Crippen LogP) is 2.87. The molecule has 0 amide bonds. The molecule has 0 aliphatic rings. The van der Waals surface area contributed by atoms with Crippen molar-refractivity contribution in [3.63, 3.8) is 0 Å². The molecule has 4 nitrogen and oxygen atoms in total. The number of nitrogens with two attached hydrogens (primary N) is 1. The molecule has 4 heteroatoms. The van der Waals surface area contributed by atoms with Gasteiger partial charge in [-0.1, -0.05) is 19.1 Å². The molecule has 1 heterocycles. The van der Waals surface area contributed by atoms with E-state index in [1.54, 1.807) is 12.4 Å². The lowest BCUT2D eigenvalue weighted by atomic mass is 9.96. The van der Waals surface area contributed by atoms with Gasteiger partial charge >= 0.3 is 0 Å². The van der Waals surface area contributed by atoms with Gasteiger partial charge in [-0.05, 0) is 36.2 Å². The minimum Gasteiger partial charge on any atom is -0.365 e. The molecule has 0 spiro atoms. The average molecular weight is 280 g/mol.